The number of carbonyl (C=O) groups is 5. The number of hydrogen-bond donors (Lipinski definition) is 4. The van der Waals surface area contributed by atoms with Gasteiger partial charge in [0.2, 0.25) is 5.91 Å². The minimum Gasteiger partial charge on any atom is -0.480 e. The first-order valence-electron chi connectivity index (χ1n) is 17.1. The number of alkyl carbamates (subject to hydrolysis) is 1. The summed E-state index contributed by atoms with van der Waals surface area (Å²) in [5.74, 6) is -2.55. The summed E-state index contributed by atoms with van der Waals surface area (Å²) < 4.78 is 28.7. The van der Waals surface area contributed by atoms with Gasteiger partial charge >= 0.3 is 20.3 Å². The van der Waals surface area contributed by atoms with Crippen LogP contribution in [0, 0.1) is 0 Å². The Labute approximate surface area is 293 Å². The highest BCUT2D eigenvalue weighted by atomic mass is 31.1. The molecule has 4 amide bonds. The number of aliphatic carboxylic acids is 1. The molecule has 1 aliphatic rings. The maximum absolute atomic E-state index is 13.5. The fraction of sp³-hybridized carbons (Fsp3) is 0.514. The molecule has 15 heteroatoms. The number of ether oxygens (including phenoxy) is 1. The molecule has 0 spiro atoms. The van der Waals surface area contributed by atoms with E-state index < -0.39 is 62.3 Å². The molecule has 2 aromatic rings. The number of nitrogens with one attached hydrogen (secondary N) is 3. The molecule has 1 heterocycles. The van der Waals surface area contributed by atoms with Gasteiger partial charge in [-0.15, -0.1) is 0 Å². The zero-order valence-electron chi connectivity index (χ0n) is 28.6. The molecule has 0 bridgehead atoms. The molecule has 1 saturated heterocycles. The van der Waals surface area contributed by atoms with Gasteiger partial charge in [0.15, 0.2) is 0 Å². The Balaban J connectivity index is 1.53. The highest BCUT2D eigenvalue weighted by molar-refractivity contribution is 7.33. The van der Waals surface area contributed by atoms with Crippen LogP contribution in [-0.4, -0.2) is 83.7 Å². The van der Waals surface area contributed by atoms with Crippen LogP contribution in [0.5, 0.6) is 0 Å². The molecule has 0 aliphatic carbocycles. The maximum atomic E-state index is 13.5. The van der Waals surface area contributed by atoms with Crippen LogP contribution in [0.3, 0.4) is 0 Å². The SMILES string of the molecule is CCCCC(CO[PH](=O)O[C@@H](C)C(=O)N1CCC[C@H]1C(=O)O)NC(=O)[C@H](CCCCNC(=O)OCc1ccccc1)NC(=O)c1ccccc1. The number of hydrogen-bond acceptors (Lipinski definition) is 9. The van der Waals surface area contributed by atoms with E-state index in [-0.39, 0.29) is 26.2 Å². The number of amides is 4. The first kappa shape index (κ1) is 40.2. The second-order valence-corrected chi connectivity index (χ2v) is 13.1. The van der Waals surface area contributed by atoms with Gasteiger partial charge in [0.25, 0.3) is 11.8 Å². The Hall–Kier alpha value is -4.26. The van der Waals surface area contributed by atoms with Crippen molar-refractivity contribution in [3.8, 4) is 0 Å². The van der Waals surface area contributed by atoms with Gasteiger partial charge in [-0.1, -0.05) is 68.3 Å². The molecule has 0 aromatic heterocycles. The normalized spacial score (nSPS) is 16.4. The molecule has 50 heavy (non-hydrogen) atoms. The first-order valence-corrected chi connectivity index (χ1v) is 18.3. The Morgan fingerprint density at radius 3 is 2.34 bits per heavy atom. The van der Waals surface area contributed by atoms with Gasteiger partial charge < -0.3 is 35.2 Å². The third kappa shape index (κ3) is 13.9. The van der Waals surface area contributed by atoms with Crippen LogP contribution in [0.4, 0.5) is 4.79 Å². The van der Waals surface area contributed by atoms with Gasteiger partial charge in [-0.3, -0.25) is 23.5 Å². The van der Waals surface area contributed by atoms with Gasteiger partial charge in [-0.05, 0) is 63.1 Å². The Kier molecular flexibility index (Phi) is 17.5. The van der Waals surface area contributed by atoms with E-state index in [4.69, 9.17) is 13.8 Å². The van der Waals surface area contributed by atoms with E-state index in [1.807, 2.05) is 37.3 Å². The van der Waals surface area contributed by atoms with Crippen LogP contribution >= 0.6 is 8.25 Å². The zero-order chi connectivity index (χ0) is 36.3. The maximum Gasteiger partial charge on any atom is 0.407 e. The van der Waals surface area contributed by atoms with Gasteiger partial charge in [-0.25, -0.2) is 9.59 Å². The Bertz CT molecular complexity index is 1410. The van der Waals surface area contributed by atoms with Crippen molar-refractivity contribution in [3.63, 3.8) is 0 Å². The van der Waals surface area contributed by atoms with E-state index >= 15 is 0 Å². The van der Waals surface area contributed by atoms with Crippen molar-refractivity contribution < 1.29 is 47.4 Å². The number of likely N-dealkylation sites (tertiary alicyclic amines) is 1. The van der Waals surface area contributed by atoms with Crippen LogP contribution in [0.25, 0.3) is 0 Å². The lowest BCUT2D eigenvalue weighted by Gasteiger charge is -2.25. The van der Waals surface area contributed by atoms with Crippen molar-refractivity contribution in [2.24, 2.45) is 0 Å². The van der Waals surface area contributed by atoms with Crippen LogP contribution in [0.2, 0.25) is 0 Å². The van der Waals surface area contributed by atoms with Crippen LogP contribution in [0.15, 0.2) is 60.7 Å². The lowest BCUT2D eigenvalue weighted by Crippen LogP contribution is -2.50. The van der Waals surface area contributed by atoms with Crippen LogP contribution in [0.1, 0.15) is 81.1 Å². The number of nitrogens with zero attached hydrogens (tertiary/aromatic N) is 1. The summed E-state index contributed by atoms with van der Waals surface area (Å²) in [7, 11) is -3.19. The highest BCUT2D eigenvalue weighted by Crippen LogP contribution is 2.29. The molecule has 2 aromatic carbocycles. The number of carboxylic acids is 1. The van der Waals surface area contributed by atoms with E-state index in [2.05, 4.69) is 16.0 Å². The minimum atomic E-state index is -3.19. The number of carbonyl (C=O) groups excluding carboxylic acids is 4. The van der Waals surface area contributed by atoms with E-state index in [0.717, 1.165) is 18.4 Å². The predicted octanol–water partition coefficient (Wildman–Crippen LogP) is 4.44. The number of rotatable bonds is 21. The van der Waals surface area contributed by atoms with E-state index in [1.165, 1.54) is 11.8 Å². The van der Waals surface area contributed by atoms with Crippen molar-refractivity contribution in [1.82, 2.24) is 20.9 Å². The van der Waals surface area contributed by atoms with E-state index in [9.17, 15) is 33.6 Å². The molecule has 4 N–H and O–H groups in total. The van der Waals surface area contributed by atoms with Crippen molar-refractivity contribution in [1.29, 1.82) is 0 Å². The topological polar surface area (TPSA) is 190 Å². The molecule has 5 atom stereocenters. The lowest BCUT2D eigenvalue weighted by atomic mass is 10.1. The monoisotopic (exact) mass is 716 g/mol. The summed E-state index contributed by atoms with van der Waals surface area (Å²) >= 11 is 0. The zero-order valence-corrected chi connectivity index (χ0v) is 29.6. The standard InChI is InChI=1S/C35H49N4O10P/c1-3-4-18-28(24-48-50(46)49-25(2)33(42)39-22-13-20-30(39)34(43)44)37-32(41)29(38-31(40)27-16-9-6-10-17-27)19-11-12-21-36-35(45)47-23-26-14-7-5-8-15-26/h5-10,14-17,25,28-30,50H,3-4,11-13,18-24H2,1-2H3,(H,36,45)(H,37,41)(H,38,40)(H,43,44)/t25-,28?,29-,30-/m0/s1. The quantitative estimate of drug-likeness (QED) is 0.106. The molecular formula is C35H49N4O10P. The second-order valence-electron chi connectivity index (χ2n) is 12.1. The van der Waals surface area contributed by atoms with Crippen molar-refractivity contribution in [2.45, 2.75) is 96.1 Å². The molecule has 1 fully saturated rings. The molecule has 3 rings (SSSR count). The summed E-state index contributed by atoms with van der Waals surface area (Å²) in [5, 5.41) is 17.8. The molecule has 0 radical (unpaired) electrons. The molecule has 14 nitrogen and oxygen atoms in total. The Morgan fingerprint density at radius 1 is 0.960 bits per heavy atom. The van der Waals surface area contributed by atoms with Crippen molar-refractivity contribution in [3.05, 3.63) is 71.8 Å². The summed E-state index contributed by atoms with van der Waals surface area (Å²) in [6.45, 7) is 3.94. The summed E-state index contributed by atoms with van der Waals surface area (Å²) in [6.07, 6.45) is 2.49. The van der Waals surface area contributed by atoms with Gasteiger partial charge in [0, 0.05) is 18.7 Å². The summed E-state index contributed by atoms with van der Waals surface area (Å²) in [4.78, 5) is 64.1. The fourth-order valence-electron chi connectivity index (χ4n) is 5.41. The molecule has 1 aliphatic heterocycles. The summed E-state index contributed by atoms with van der Waals surface area (Å²) in [6, 6.07) is 15.4. The highest BCUT2D eigenvalue weighted by Gasteiger charge is 2.36. The van der Waals surface area contributed by atoms with Gasteiger partial charge in [0.05, 0.1) is 12.6 Å². The van der Waals surface area contributed by atoms with Gasteiger partial charge in [-0.2, -0.15) is 0 Å². The molecule has 274 valence electrons. The average molecular weight is 717 g/mol. The van der Waals surface area contributed by atoms with E-state index in [0.29, 0.717) is 44.2 Å². The summed E-state index contributed by atoms with van der Waals surface area (Å²) in [5.41, 5.74) is 1.26. The predicted molar refractivity (Wildman–Crippen MR) is 186 cm³/mol. The molecular weight excluding hydrogens is 667 g/mol. The van der Waals surface area contributed by atoms with Crippen LogP contribution < -0.4 is 16.0 Å². The lowest BCUT2D eigenvalue weighted by molar-refractivity contribution is -0.151. The number of carboxylic acid groups (broad SMARTS) is 1. The largest absolute Gasteiger partial charge is 0.480 e. The molecule has 2 unspecified atom stereocenters. The fourth-order valence-corrected chi connectivity index (χ4v) is 6.20. The van der Waals surface area contributed by atoms with Crippen molar-refractivity contribution in [2.75, 3.05) is 19.7 Å². The minimum absolute atomic E-state index is 0.146. The smallest absolute Gasteiger partial charge is 0.407 e. The number of unbranched alkanes of at least 4 members (excludes halogenated alkanes) is 2. The van der Waals surface area contributed by atoms with E-state index in [1.54, 1.807) is 30.3 Å². The third-order valence-electron chi connectivity index (χ3n) is 8.16. The average Bonchev–Trinajstić information content (AvgIpc) is 3.62. The second kappa shape index (κ2) is 21.7. The van der Waals surface area contributed by atoms with Crippen molar-refractivity contribution >= 4 is 38.0 Å². The number of benzene rings is 2. The first-order chi connectivity index (χ1) is 24.1. The van der Waals surface area contributed by atoms with Gasteiger partial charge in [0.1, 0.15) is 24.8 Å². The third-order valence-corrected chi connectivity index (χ3v) is 9.10. The Morgan fingerprint density at radius 2 is 1.66 bits per heavy atom. The van der Waals surface area contributed by atoms with Crippen LogP contribution in [-0.2, 0) is 39.3 Å². The molecule has 0 saturated carbocycles.